The van der Waals surface area contributed by atoms with E-state index in [-0.39, 0.29) is 24.2 Å². The minimum atomic E-state index is -3.58. The van der Waals surface area contributed by atoms with Gasteiger partial charge in [0.05, 0.1) is 0 Å². The van der Waals surface area contributed by atoms with Crippen molar-refractivity contribution in [1.29, 1.82) is 0 Å². The number of sulfone groups is 1. The van der Waals surface area contributed by atoms with Crippen LogP contribution in [-0.4, -0.2) is 57.3 Å². The third-order valence-corrected chi connectivity index (χ3v) is 6.31. The number of H-pyrrole nitrogens is 1. The normalized spacial score (nSPS) is 15.6. The summed E-state index contributed by atoms with van der Waals surface area (Å²) in [4.78, 5) is 17.1. The lowest BCUT2D eigenvalue weighted by molar-refractivity contribution is 0.0653. The Bertz CT molecular complexity index is 997. The standard InChI is InChI=1S/C15H15N5O3S/c1-19-9-16-18-15(19)24(22,23)11-7-20(8-11)14(21)13-6-10-4-2-3-5-12(10)17-13/h2-6,9,11,17H,7-8H2,1H3. The Balaban J connectivity index is 1.51. The molecule has 0 saturated carbocycles. The zero-order chi connectivity index (χ0) is 16.9. The van der Waals surface area contributed by atoms with E-state index in [0.717, 1.165) is 10.9 Å². The molecular formula is C15H15N5O3S. The average Bonchev–Trinajstić information content (AvgIpc) is 3.11. The van der Waals surface area contributed by atoms with Crippen LogP contribution in [0.15, 0.2) is 41.8 Å². The number of carbonyl (C=O) groups excluding carboxylic acids is 1. The van der Waals surface area contributed by atoms with E-state index in [1.54, 1.807) is 13.1 Å². The zero-order valence-corrected chi connectivity index (χ0v) is 13.7. The van der Waals surface area contributed by atoms with Crippen molar-refractivity contribution in [2.24, 2.45) is 7.05 Å². The summed E-state index contributed by atoms with van der Waals surface area (Å²) in [7, 11) is -2.00. The number of aromatic amines is 1. The van der Waals surface area contributed by atoms with E-state index < -0.39 is 15.1 Å². The van der Waals surface area contributed by atoms with Gasteiger partial charge in [-0.15, -0.1) is 10.2 Å². The van der Waals surface area contributed by atoms with Crippen LogP contribution in [0.5, 0.6) is 0 Å². The monoisotopic (exact) mass is 345 g/mol. The third-order valence-electron chi connectivity index (χ3n) is 4.26. The van der Waals surface area contributed by atoms with Crippen LogP contribution in [-0.2, 0) is 16.9 Å². The molecule has 1 aromatic carbocycles. The van der Waals surface area contributed by atoms with Crippen molar-refractivity contribution in [2.45, 2.75) is 10.4 Å². The van der Waals surface area contributed by atoms with Crippen molar-refractivity contribution in [2.75, 3.05) is 13.1 Å². The lowest BCUT2D eigenvalue weighted by Crippen LogP contribution is -2.57. The van der Waals surface area contributed by atoms with Crippen LogP contribution >= 0.6 is 0 Å². The Labute approximate surface area is 138 Å². The fraction of sp³-hybridized carbons (Fsp3) is 0.267. The van der Waals surface area contributed by atoms with Crippen molar-refractivity contribution in [3.05, 3.63) is 42.4 Å². The molecule has 1 fully saturated rings. The van der Waals surface area contributed by atoms with Crippen LogP contribution in [0.2, 0.25) is 0 Å². The number of likely N-dealkylation sites (tertiary alicyclic amines) is 1. The quantitative estimate of drug-likeness (QED) is 0.749. The van der Waals surface area contributed by atoms with E-state index in [1.807, 2.05) is 24.3 Å². The van der Waals surface area contributed by atoms with Crippen LogP contribution in [0.4, 0.5) is 0 Å². The summed E-state index contributed by atoms with van der Waals surface area (Å²) in [6.07, 6.45) is 1.35. The van der Waals surface area contributed by atoms with E-state index in [9.17, 15) is 13.2 Å². The van der Waals surface area contributed by atoms with E-state index >= 15 is 0 Å². The number of amides is 1. The van der Waals surface area contributed by atoms with Crippen LogP contribution < -0.4 is 0 Å². The number of para-hydroxylation sites is 1. The molecule has 0 spiro atoms. The molecule has 2 aromatic heterocycles. The van der Waals surface area contributed by atoms with Gasteiger partial charge >= 0.3 is 0 Å². The lowest BCUT2D eigenvalue weighted by Gasteiger charge is -2.37. The maximum atomic E-state index is 12.5. The molecule has 1 aliphatic heterocycles. The summed E-state index contributed by atoms with van der Waals surface area (Å²) in [5, 5.41) is 7.51. The van der Waals surface area contributed by atoms with Gasteiger partial charge in [0.1, 0.15) is 17.3 Å². The number of fused-ring (bicyclic) bond motifs is 1. The van der Waals surface area contributed by atoms with Gasteiger partial charge in [0.15, 0.2) is 0 Å². The number of benzene rings is 1. The van der Waals surface area contributed by atoms with Gasteiger partial charge < -0.3 is 14.5 Å². The molecule has 0 aliphatic carbocycles. The first-order valence-corrected chi connectivity index (χ1v) is 8.96. The largest absolute Gasteiger partial charge is 0.351 e. The molecule has 3 heterocycles. The Kier molecular flexibility index (Phi) is 3.20. The number of rotatable bonds is 3. The highest BCUT2D eigenvalue weighted by Crippen LogP contribution is 2.24. The second kappa shape index (κ2) is 5.17. The van der Waals surface area contributed by atoms with Gasteiger partial charge in [-0.25, -0.2) is 8.42 Å². The van der Waals surface area contributed by atoms with Gasteiger partial charge in [-0.2, -0.15) is 0 Å². The van der Waals surface area contributed by atoms with Crippen LogP contribution in [0.1, 0.15) is 10.5 Å². The van der Waals surface area contributed by atoms with Gasteiger partial charge in [-0.3, -0.25) is 4.79 Å². The Hall–Kier alpha value is -2.68. The van der Waals surface area contributed by atoms with Gasteiger partial charge in [0.25, 0.3) is 5.91 Å². The molecule has 0 bridgehead atoms. The van der Waals surface area contributed by atoms with Crippen molar-refractivity contribution in [3.63, 3.8) is 0 Å². The highest BCUT2D eigenvalue weighted by Gasteiger charge is 2.43. The number of hydrogen-bond donors (Lipinski definition) is 1. The van der Waals surface area contributed by atoms with Crippen LogP contribution in [0, 0.1) is 0 Å². The molecule has 0 unspecified atom stereocenters. The SMILES string of the molecule is Cn1cnnc1S(=O)(=O)C1CN(C(=O)c2cc3ccccc3[nH]2)C1. The molecule has 1 N–H and O–H groups in total. The minimum absolute atomic E-state index is 0.0646. The summed E-state index contributed by atoms with van der Waals surface area (Å²) in [5.41, 5.74) is 1.34. The lowest BCUT2D eigenvalue weighted by atomic mass is 10.2. The van der Waals surface area contributed by atoms with Crippen LogP contribution in [0.25, 0.3) is 10.9 Å². The first-order chi connectivity index (χ1) is 11.5. The molecule has 9 heteroatoms. The van der Waals surface area contributed by atoms with Crippen LogP contribution in [0.3, 0.4) is 0 Å². The van der Waals surface area contributed by atoms with E-state index in [4.69, 9.17) is 0 Å². The Morgan fingerprint density at radius 1 is 1.29 bits per heavy atom. The van der Waals surface area contributed by atoms with Gasteiger partial charge in [-0.1, -0.05) is 18.2 Å². The number of carbonyl (C=O) groups is 1. The highest BCUT2D eigenvalue weighted by atomic mass is 32.2. The van der Waals surface area contributed by atoms with Crippen molar-refractivity contribution < 1.29 is 13.2 Å². The van der Waals surface area contributed by atoms with Crippen molar-refractivity contribution >= 4 is 26.6 Å². The van der Waals surface area contributed by atoms with Crippen molar-refractivity contribution in [3.8, 4) is 0 Å². The summed E-state index contributed by atoms with van der Waals surface area (Å²) >= 11 is 0. The zero-order valence-electron chi connectivity index (χ0n) is 12.9. The smallest absolute Gasteiger partial charge is 0.270 e. The number of hydrogen-bond acceptors (Lipinski definition) is 5. The van der Waals surface area contributed by atoms with Gasteiger partial charge in [0.2, 0.25) is 15.0 Å². The summed E-state index contributed by atoms with van der Waals surface area (Å²) in [5.74, 6) is -0.199. The average molecular weight is 345 g/mol. The summed E-state index contributed by atoms with van der Waals surface area (Å²) in [6.45, 7) is 0.312. The molecular weight excluding hydrogens is 330 g/mol. The second-order valence-corrected chi connectivity index (χ2v) is 7.99. The van der Waals surface area contributed by atoms with Crippen molar-refractivity contribution in [1.82, 2.24) is 24.6 Å². The van der Waals surface area contributed by atoms with E-state index in [1.165, 1.54) is 15.8 Å². The molecule has 124 valence electrons. The second-order valence-electron chi connectivity index (χ2n) is 5.87. The number of nitrogens with zero attached hydrogens (tertiary/aromatic N) is 4. The fourth-order valence-corrected chi connectivity index (χ4v) is 4.50. The highest BCUT2D eigenvalue weighted by molar-refractivity contribution is 7.92. The van der Waals surface area contributed by atoms with E-state index in [2.05, 4.69) is 15.2 Å². The van der Waals surface area contributed by atoms with Gasteiger partial charge in [-0.05, 0) is 12.1 Å². The number of nitrogens with one attached hydrogen (secondary N) is 1. The predicted octanol–water partition coefficient (Wildman–Crippen LogP) is 0.595. The molecule has 0 radical (unpaired) electrons. The van der Waals surface area contributed by atoms with E-state index in [0.29, 0.717) is 5.69 Å². The number of aromatic nitrogens is 4. The minimum Gasteiger partial charge on any atom is -0.351 e. The summed E-state index contributed by atoms with van der Waals surface area (Å²) in [6, 6.07) is 9.38. The molecule has 3 aromatic rings. The first-order valence-electron chi connectivity index (χ1n) is 7.42. The Morgan fingerprint density at radius 2 is 2.04 bits per heavy atom. The molecule has 1 amide bonds. The maximum absolute atomic E-state index is 12.5. The Morgan fingerprint density at radius 3 is 2.71 bits per heavy atom. The molecule has 8 nitrogen and oxygen atoms in total. The maximum Gasteiger partial charge on any atom is 0.270 e. The summed E-state index contributed by atoms with van der Waals surface area (Å²) < 4.78 is 26.3. The first kappa shape index (κ1) is 14.9. The molecule has 24 heavy (non-hydrogen) atoms. The molecule has 4 rings (SSSR count). The van der Waals surface area contributed by atoms with Gasteiger partial charge in [0, 0.05) is 31.0 Å². The third kappa shape index (κ3) is 2.20. The molecule has 1 aliphatic rings. The number of aryl methyl sites for hydroxylation is 1. The topological polar surface area (TPSA) is 101 Å². The molecule has 0 atom stereocenters. The fourth-order valence-electron chi connectivity index (χ4n) is 2.84. The predicted molar refractivity (Wildman–Crippen MR) is 86.2 cm³/mol. The molecule has 1 saturated heterocycles.